The molecular weight excluding hydrogens is 283 g/mol. The normalized spacial score (nSPS) is 15.9. The van der Waals surface area contributed by atoms with Crippen molar-refractivity contribution in [3.8, 4) is 0 Å². The van der Waals surface area contributed by atoms with Gasteiger partial charge in [0.05, 0.1) is 13.2 Å². The van der Waals surface area contributed by atoms with Crippen molar-refractivity contribution < 1.29 is 13.9 Å². The number of halogens is 1. The van der Waals surface area contributed by atoms with Gasteiger partial charge in [0.2, 0.25) is 5.91 Å². The van der Waals surface area contributed by atoms with Crippen LogP contribution in [-0.2, 0) is 21.5 Å². The van der Waals surface area contributed by atoms with Crippen LogP contribution in [0.2, 0.25) is 0 Å². The second-order valence-corrected chi connectivity index (χ2v) is 5.42. The molecule has 0 saturated carbocycles. The number of aromatic nitrogens is 1. The van der Waals surface area contributed by atoms with E-state index in [-0.39, 0.29) is 11.7 Å². The van der Waals surface area contributed by atoms with E-state index in [9.17, 15) is 9.18 Å². The van der Waals surface area contributed by atoms with E-state index in [0.29, 0.717) is 31.6 Å². The highest BCUT2D eigenvalue weighted by molar-refractivity contribution is 5.77. The van der Waals surface area contributed by atoms with Gasteiger partial charge in [-0.15, -0.1) is 0 Å². The van der Waals surface area contributed by atoms with Crippen molar-refractivity contribution in [2.75, 3.05) is 13.2 Å². The molecule has 1 N–H and O–H groups in total. The second kappa shape index (κ2) is 6.23. The number of nitrogens with zero attached hydrogens (tertiary/aromatic N) is 1. The smallest absolute Gasteiger partial charge is 0.221 e. The van der Waals surface area contributed by atoms with Crippen LogP contribution in [0.1, 0.15) is 17.7 Å². The fourth-order valence-corrected chi connectivity index (χ4v) is 2.57. The lowest BCUT2D eigenvalue weighted by Crippen LogP contribution is -2.59. The van der Waals surface area contributed by atoms with Crippen LogP contribution < -0.4 is 5.32 Å². The van der Waals surface area contributed by atoms with Crippen molar-refractivity contribution in [3.63, 3.8) is 0 Å². The Hall–Kier alpha value is -2.27. The number of ether oxygens (including phenoxy) is 1. The molecule has 4 nitrogen and oxygen atoms in total. The number of rotatable bonds is 5. The van der Waals surface area contributed by atoms with E-state index < -0.39 is 5.54 Å². The first-order valence-corrected chi connectivity index (χ1v) is 7.23. The molecule has 1 aliphatic heterocycles. The predicted octanol–water partition coefficient (Wildman–Crippen LogP) is 2.20. The first kappa shape index (κ1) is 14.7. The summed E-state index contributed by atoms with van der Waals surface area (Å²) in [5.74, 6) is -0.451. The third kappa shape index (κ3) is 2.99. The van der Waals surface area contributed by atoms with Gasteiger partial charge in [0.15, 0.2) is 0 Å². The van der Waals surface area contributed by atoms with Crippen LogP contribution in [0.25, 0.3) is 0 Å². The Kier molecular flexibility index (Phi) is 4.15. The van der Waals surface area contributed by atoms with Gasteiger partial charge in [-0.1, -0.05) is 24.3 Å². The first-order valence-electron chi connectivity index (χ1n) is 7.23. The molecule has 22 heavy (non-hydrogen) atoms. The molecule has 1 fully saturated rings. The maximum absolute atomic E-state index is 14.0. The summed E-state index contributed by atoms with van der Waals surface area (Å²) in [6.45, 7) is 0.590. The molecule has 1 amide bonds. The predicted molar refractivity (Wildman–Crippen MR) is 79.6 cm³/mol. The zero-order chi connectivity index (χ0) is 15.4. The van der Waals surface area contributed by atoms with Gasteiger partial charge >= 0.3 is 0 Å². The third-order valence-electron chi connectivity index (χ3n) is 3.80. The summed E-state index contributed by atoms with van der Waals surface area (Å²) in [6.07, 6.45) is 2.57. The van der Waals surface area contributed by atoms with Gasteiger partial charge in [-0.2, -0.15) is 0 Å². The molecule has 1 aromatic heterocycles. The Morgan fingerprint density at radius 1 is 1.23 bits per heavy atom. The molecule has 1 saturated heterocycles. The summed E-state index contributed by atoms with van der Waals surface area (Å²) >= 11 is 0. The zero-order valence-corrected chi connectivity index (χ0v) is 12.1. The summed E-state index contributed by atoms with van der Waals surface area (Å²) in [5.41, 5.74) is 0.599. The minimum absolute atomic E-state index is 0.128. The van der Waals surface area contributed by atoms with Crippen molar-refractivity contribution in [1.29, 1.82) is 0 Å². The van der Waals surface area contributed by atoms with Gasteiger partial charge in [-0.3, -0.25) is 9.78 Å². The molecule has 0 bridgehead atoms. The molecule has 0 aliphatic carbocycles. The van der Waals surface area contributed by atoms with Crippen molar-refractivity contribution in [3.05, 3.63) is 65.7 Å². The van der Waals surface area contributed by atoms with E-state index in [2.05, 4.69) is 10.3 Å². The molecule has 2 heterocycles. The van der Waals surface area contributed by atoms with Crippen LogP contribution in [-0.4, -0.2) is 24.1 Å². The highest BCUT2D eigenvalue weighted by Gasteiger charge is 2.43. The number of nitrogens with one attached hydrogen (secondary N) is 1. The molecule has 0 atom stereocenters. The van der Waals surface area contributed by atoms with Crippen LogP contribution in [0.5, 0.6) is 0 Å². The quantitative estimate of drug-likeness (QED) is 0.921. The minimum Gasteiger partial charge on any atom is -0.376 e. The Bertz CT molecular complexity index is 657. The standard InChI is InChI=1S/C17H17FN2O2/c18-15-7-2-1-6-14(15)17(11-22-12-17)20-16(21)9-8-13-5-3-4-10-19-13/h1-7,10H,8-9,11-12H2,(H,20,21). The SMILES string of the molecule is O=C(CCc1ccccn1)NC1(c2ccccc2F)COC1. The highest BCUT2D eigenvalue weighted by Crippen LogP contribution is 2.31. The van der Waals surface area contributed by atoms with Crippen LogP contribution in [0.15, 0.2) is 48.7 Å². The summed E-state index contributed by atoms with van der Waals surface area (Å²) in [4.78, 5) is 16.4. The summed E-state index contributed by atoms with van der Waals surface area (Å²) < 4.78 is 19.2. The van der Waals surface area contributed by atoms with E-state index in [1.807, 2.05) is 18.2 Å². The van der Waals surface area contributed by atoms with Crippen LogP contribution in [0, 0.1) is 5.82 Å². The maximum atomic E-state index is 14.0. The fourth-order valence-electron chi connectivity index (χ4n) is 2.57. The summed E-state index contributed by atoms with van der Waals surface area (Å²) in [5, 5.41) is 2.93. The number of aryl methyl sites for hydroxylation is 1. The van der Waals surface area contributed by atoms with Crippen LogP contribution >= 0.6 is 0 Å². The van der Waals surface area contributed by atoms with E-state index in [1.54, 1.807) is 24.4 Å². The van der Waals surface area contributed by atoms with E-state index in [1.165, 1.54) is 6.07 Å². The van der Waals surface area contributed by atoms with Crippen molar-refractivity contribution in [2.24, 2.45) is 0 Å². The molecule has 0 unspecified atom stereocenters. The van der Waals surface area contributed by atoms with E-state index in [0.717, 1.165) is 5.69 Å². The van der Waals surface area contributed by atoms with Gasteiger partial charge in [0.25, 0.3) is 0 Å². The van der Waals surface area contributed by atoms with Crippen molar-refractivity contribution in [1.82, 2.24) is 10.3 Å². The van der Waals surface area contributed by atoms with Crippen LogP contribution in [0.4, 0.5) is 4.39 Å². The Morgan fingerprint density at radius 2 is 2.00 bits per heavy atom. The summed E-state index contributed by atoms with van der Waals surface area (Å²) in [6, 6.07) is 12.1. The van der Waals surface area contributed by atoms with E-state index >= 15 is 0 Å². The van der Waals surface area contributed by atoms with Gasteiger partial charge in [-0.05, 0) is 24.6 Å². The molecule has 114 valence electrons. The minimum atomic E-state index is -0.744. The molecule has 1 aromatic carbocycles. The topological polar surface area (TPSA) is 51.2 Å². The number of amides is 1. The number of benzene rings is 1. The van der Waals surface area contributed by atoms with Crippen LogP contribution in [0.3, 0.4) is 0 Å². The highest BCUT2D eigenvalue weighted by atomic mass is 19.1. The largest absolute Gasteiger partial charge is 0.376 e. The van der Waals surface area contributed by atoms with Gasteiger partial charge in [0, 0.05) is 23.9 Å². The molecule has 2 aromatic rings. The monoisotopic (exact) mass is 300 g/mol. The lowest BCUT2D eigenvalue weighted by molar-refractivity contribution is -0.134. The van der Waals surface area contributed by atoms with Crippen molar-refractivity contribution >= 4 is 5.91 Å². The Balaban J connectivity index is 1.65. The lowest BCUT2D eigenvalue weighted by atomic mass is 9.87. The number of carbonyl (C=O) groups excluding carboxylic acids is 1. The maximum Gasteiger partial charge on any atom is 0.221 e. The average Bonchev–Trinajstić information content (AvgIpc) is 2.51. The average molecular weight is 300 g/mol. The molecule has 5 heteroatoms. The number of carbonyl (C=O) groups is 1. The van der Waals surface area contributed by atoms with Crippen molar-refractivity contribution in [2.45, 2.75) is 18.4 Å². The number of pyridine rings is 1. The Morgan fingerprint density at radius 3 is 2.64 bits per heavy atom. The second-order valence-electron chi connectivity index (χ2n) is 5.42. The molecule has 0 radical (unpaired) electrons. The number of hydrogen-bond acceptors (Lipinski definition) is 3. The molecule has 3 rings (SSSR count). The lowest BCUT2D eigenvalue weighted by Gasteiger charge is -2.42. The first-order chi connectivity index (χ1) is 10.7. The third-order valence-corrected chi connectivity index (χ3v) is 3.80. The van der Waals surface area contributed by atoms with Gasteiger partial charge in [-0.25, -0.2) is 4.39 Å². The fraction of sp³-hybridized carbons (Fsp3) is 0.294. The molecule has 1 aliphatic rings. The molecular formula is C17H17FN2O2. The van der Waals surface area contributed by atoms with Gasteiger partial charge < -0.3 is 10.1 Å². The Labute approximate surface area is 128 Å². The van der Waals surface area contributed by atoms with E-state index in [4.69, 9.17) is 4.74 Å². The number of hydrogen-bond donors (Lipinski definition) is 1. The van der Waals surface area contributed by atoms with Gasteiger partial charge in [0.1, 0.15) is 11.4 Å². The summed E-state index contributed by atoms with van der Waals surface area (Å²) in [7, 11) is 0. The zero-order valence-electron chi connectivity index (χ0n) is 12.1. The molecule has 0 spiro atoms.